The van der Waals surface area contributed by atoms with E-state index in [4.69, 9.17) is 10.5 Å². The molecular weight excluding hydrogens is 243 g/mol. The van der Waals surface area contributed by atoms with Crippen molar-refractivity contribution in [3.8, 4) is 12.1 Å². The average molecular weight is 248 g/mol. The molecule has 0 N–H and O–H groups in total. The van der Waals surface area contributed by atoms with Crippen molar-refractivity contribution in [2.45, 2.75) is 5.25 Å². The van der Waals surface area contributed by atoms with E-state index in [0.717, 1.165) is 12.2 Å². The van der Waals surface area contributed by atoms with E-state index in [2.05, 4.69) is 0 Å². The first-order chi connectivity index (χ1) is 6.72. The predicted molar refractivity (Wildman–Crippen MR) is 53.5 cm³/mol. The van der Waals surface area contributed by atoms with Crippen LogP contribution in [0.4, 0.5) is 0 Å². The molecule has 1 aliphatic heterocycles. The van der Waals surface area contributed by atoms with E-state index >= 15 is 0 Å². The second-order valence-electron chi connectivity index (χ2n) is 1.85. The van der Waals surface area contributed by atoms with Crippen molar-refractivity contribution in [1.29, 1.82) is 10.5 Å². The van der Waals surface area contributed by atoms with Gasteiger partial charge in [0.25, 0.3) is 0 Å². The minimum absolute atomic E-state index is 0. The van der Waals surface area contributed by atoms with E-state index in [0.29, 0.717) is 0 Å². The second kappa shape index (κ2) is 11.7. The smallest absolute Gasteiger partial charge is 0.549 e. The molecule has 72 valence electrons. The van der Waals surface area contributed by atoms with E-state index < -0.39 is 11.2 Å². The van der Waals surface area contributed by atoms with Gasteiger partial charge in [0.15, 0.2) is 0 Å². The molecule has 0 fully saturated rings. The molecule has 1 atom stereocenters. The third-order valence-electron chi connectivity index (χ3n) is 0.933. The molecule has 0 radical (unpaired) electrons. The van der Waals surface area contributed by atoms with Gasteiger partial charge < -0.3 is 9.90 Å². The molecule has 7 heteroatoms. The summed E-state index contributed by atoms with van der Waals surface area (Å²) in [6.45, 7) is 0. The van der Waals surface area contributed by atoms with Gasteiger partial charge in [-0.3, -0.25) is 0 Å². The van der Waals surface area contributed by atoms with Gasteiger partial charge in [-0.15, -0.1) is 0 Å². The fraction of sp³-hybridized carbons (Fsp3) is 0.125. The summed E-state index contributed by atoms with van der Waals surface area (Å²) >= 11 is 0. The molecular formula is C8H5N2NaO2S2. The summed E-state index contributed by atoms with van der Waals surface area (Å²) in [5.41, 5.74) is 0. The number of nitriles is 2. The van der Waals surface area contributed by atoms with Gasteiger partial charge >= 0.3 is 29.6 Å². The van der Waals surface area contributed by atoms with Crippen LogP contribution in [0, 0.1) is 22.7 Å². The first kappa shape index (κ1) is 17.0. The molecule has 0 bridgehead atoms. The molecule has 0 amide bonds. The SMILES string of the molecule is N#CC=CC#N.O=C([O-])C1C=CSS1.[Na+]. The third-order valence-corrected chi connectivity index (χ3v) is 3.16. The van der Waals surface area contributed by atoms with Crippen LogP contribution in [0.3, 0.4) is 0 Å². The minimum Gasteiger partial charge on any atom is -0.549 e. The predicted octanol–water partition coefficient (Wildman–Crippen LogP) is -2.39. The van der Waals surface area contributed by atoms with Crippen molar-refractivity contribution in [2.24, 2.45) is 0 Å². The number of nitrogens with zero attached hydrogens (tertiary/aromatic N) is 2. The van der Waals surface area contributed by atoms with Gasteiger partial charge in [-0.1, -0.05) is 27.7 Å². The van der Waals surface area contributed by atoms with Crippen LogP contribution in [0.15, 0.2) is 23.6 Å². The van der Waals surface area contributed by atoms with Crippen molar-refractivity contribution < 1.29 is 39.5 Å². The zero-order valence-electron chi connectivity index (χ0n) is 7.91. The fourth-order valence-corrected chi connectivity index (χ4v) is 2.32. The van der Waals surface area contributed by atoms with E-state index in [1.54, 1.807) is 23.6 Å². The summed E-state index contributed by atoms with van der Waals surface area (Å²) < 4.78 is 0. The Hall–Kier alpha value is -0.370. The van der Waals surface area contributed by atoms with Gasteiger partial charge in [0.05, 0.1) is 23.4 Å². The Labute approximate surface area is 118 Å². The van der Waals surface area contributed by atoms with Crippen LogP contribution >= 0.6 is 21.6 Å². The third kappa shape index (κ3) is 9.92. The van der Waals surface area contributed by atoms with Crippen LogP contribution in [-0.2, 0) is 4.79 Å². The zero-order chi connectivity index (χ0) is 10.8. The average Bonchev–Trinajstić information content (AvgIpc) is 2.68. The van der Waals surface area contributed by atoms with Crippen molar-refractivity contribution >= 4 is 27.6 Å². The molecule has 15 heavy (non-hydrogen) atoms. The van der Waals surface area contributed by atoms with E-state index in [9.17, 15) is 9.90 Å². The summed E-state index contributed by atoms with van der Waals surface area (Å²) in [7, 11) is 2.72. The van der Waals surface area contributed by atoms with Crippen LogP contribution in [0.25, 0.3) is 0 Å². The molecule has 0 aromatic rings. The Morgan fingerprint density at radius 2 is 1.93 bits per heavy atom. The molecule has 0 aromatic carbocycles. The van der Waals surface area contributed by atoms with Gasteiger partial charge in [0, 0.05) is 12.2 Å². The summed E-state index contributed by atoms with van der Waals surface area (Å²) in [6, 6.07) is 3.33. The maximum absolute atomic E-state index is 10.0. The van der Waals surface area contributed by atoms with Gasteiger partial charge in [-0.05, 0) is 5.41 Å². The van der Waals surface area contributed by atoms with Crippen molar-refractivity contribution in [2.75, 3.05) is 0 Å². The fourth-order valence-electron chi connectivity index (χ4n) is 0.420. The van der Waals surface area contributed by atoms with Crippen LogP contribution in [0.5, 0.6) is 0 Å². The van der Waals surface area contributed by atoms with Gasteiger partial charge in [-0.25, -0.2) is 0 Å². The number of carbonyl (C=O) groups excluding carboxylic acids is 1. The Balaban J connectivity index is 0. The molecule has 0 spiro atoms. The van der Waals surface area contributed by atoms with Crippen molar-refractivity contribution in [3.05, 3.63) is 23.6 Å². The molecule has 1 aliphatic rings. The molecule has 0 saturated carbocycles. The maximum atomic E-state index is 10.0. The van der Waals surface area contributed by atoms with Gasteiger partial charge in [-0.2, -0.15) is 10.5 Å². The molecule has 0 saturated heterocycles. The molecule has 4 nitrogen and oxygen atoms in total. The standard InChI is InChI=1S/C4H2N2.C4H4O2S2.Na/c5-3-1-2-4-6;5-4(6)3-1-2-7-8-3;/h1-2H;1-3H,(H,5,6);/q;;+1/p-1. The molecule has 0 aromatic heterocycles. The Kier molecular flexibility index (Phi) is 13.3. The number of hydrogen-bond acceptors (Lipinski definition) is 6. The largest absolute Gasteiger partial charge is 1.00 e. The van der Waals surface area contributed by atoms with Crippen molar-refractivity contribution in [3.63, 3.8) is 0 Å². The number of carboxylic acid groups (broad SMARTS) is 1. The molecule has 1 unspecified atom stereocenters. The molecule has 0 aliphatic carbocycles. The molecule has 1 heterocycles. The summed E-state index contributed by atoms with van der Waals surface area (Å²) in [6.07, 6.45) is 3.87. The summed E-state index contributed by atoms with van der Waals surface area (Å²) in [5, 5.41) is 26.7. The normalized spacial score (nSPS) is 16.8. The number of carbonyl (C=O) groups is 1. The van der Waals surface area contributed by atoms with Crippen LogP contribution in [-0.4, -0.2) is 11.2 Å². The first-order valence-electron chi connectivity index (χ1n) is 3.36. The monoisotopic (exact) mass is 248 g/mol. The Morgan fingerprint density at radius 1 is 1.40 bits per heavy atom. The number of aliphatic carboxylic acids is 1. The number of allylic oxidation sites excluding steroid dienone is 2. The van der Waals surface area contributed by atoms with Crippen LogP contribution in [0.2, 0.25) is 0 Å². The minimum atomic E-state index is -1.00. The quantitative estimate of drug-likeness (QED) is 0.292. The van der Waals surface area contributed by atoms with E-state index in [-0.39, 0.29) is 29.6 Å². The van der Waals surface area contributed by atoms with Crippen LogP contribution < -0.4 is 34.7 Å². The summed E-state index contributed by atoms with van der Waals surface area (Å²) in [4.78, 5) is 10.0. The topological polar surface area (TPSA) is 87.7 Å². The zero-order valence-corrected chi connectivity index (χ0v) is 11.5. The number of hydrogen-bond donors (Lipinski definition) is 0. The molecule has 1 rings (SSSR count). The number of rotatable bonds is 1. The van der Waals surface area contributed by atoms with E-state index in [1.807, 2.05) is 0 Å². The maximum Gasteiger partial charge on any atom is 1.00 e. The number of carboxylic acids is 1. The van der Waals surface area contributed by atoms with Gasteiger partial charge in [0.2, 0.25) is 0 Å². The first-order valence-corrected chi connectivity index (χ1v) is 5.64. The summed E-state index contributed by atoms with van der Waals surface area (Å²) in [5.74, 6) is -1.00. The Morgan fingerprint density at radius 3 is 2.13 bits per heavy atom. The van der Waals surface area contributed by atoms with Crippen molar-refractivity contribution in [1.82, 2.24) is 0 Å². The van der Waals surface area contributed by atoms with Crippen LogP contribution in [0.1, 0.15) is 0 Å². The Bertz CT molecular complexity index is 315. The van der Waals surface area contributed by atoms with Gasteiger partial charge in [0.1, 0.15) is 0 Å². The van der Waals surface area contributed by atoms with E-state index in [1.165, 1.54) is 21.6 Å². The second-order valence-corrected chi connectivity index (χ2v) is 4.17.